The number of carbonyl (C=O) groups is 2. The summed E-state index contributed by atoms with van der Waals surface area (Å²) >= 11 is 0. The molecule has 132 valence electrons. The van der Waals surface area contributed by atoms with Crippen molar-refractivity contribution in [3.8, 4) is 0 Å². The molecule has 0 radical (unpaired) electrons. The van der Waals surface area contributed by atoms with Gasteiger partial charge in [-0.1, -0.05) is 25.7 Å². The zero-order valence-corrected chi connectivity index (χ0v) is 14.6. The van der Waals surface area contributed by atoms with Crippen LogP contribution in [0.25, 0.3) is 0 Å². The van der Waals surface area contributed by atoms with Crippen LogP contribution in [-0.2, 0) is 19.4 Å². The molecule has 0 saturated heterocycles. The van der Waals surface area contributed by atoms with Gasteiger partial charge in [-0.05, 0) is 37.1 Å². The largest absolute Gasteiger partial charge is 0.481 e. The Morgan fingerprint density at radius 2 is 1.62 bits per heavy atom. The molecule has 1 saturated carbocycles. The molecule has 1 aliphatic rings. The first-order valence-corrected chi connectivity index (χ1v) is 9.95. The molecule has 2 N–H and O–H groups in total. The van der Waals surface area contributed by atoms with E-state index in [1.165, 1.54) is 24.3 Å². The number of carboxylic acid groups (broad SMARTS) is 1. The van der Waals surface area contributed by atoms with Gasteiger partial charge in [0.1, 0.15) is 0 Å². The number of rotatable bonds is 5. The molecular formula is C17H23NO5S. The average molecular weight is 353 g/mol. The van der Waals surface area contributed by atoms with Gasteiger partial charge in [0.05, 0.1) is 10.3 Å². The summed E-state index contributed by atoms with van der Waals surface area (Å²) in [5.41, 5.74) is -0.533. The first-order chi connectivity index (χ1) is 11.2. The average Bonchev–Trinajstić information content (AvgIpc) is 2.73. The lowest BCUT2D eigenvalue weighted by molar-refractivity contribution is -0.152. The fraction of sp³-hybridized carbons (Fsp3) is 0.529. The molecule has 6 nitrogen and oxygen atoms in total. The molecule has 1 amide bonds. The highest BCUT2D eigenvalue weighted by molar-refractivity contribution is 7.90. The maximum Gasteiger partial charge on any atom is 0.310 e. The molecule has 0 atom stereocenters. The van der Waals surface area contributed by atoms with Gasteiger partial charge in [-0.25, -0.2) is 8.42 Å². The third-order valence-electron chi connectivity index (χ3n) is 4.58. The molecule has 24 heavy (non-hydrogen) atoms. The summed E-state index contributed by atoms with van der Waals surface area (Å²) in [6.07, 6.45) is 5.74. The van der Waals surface area contributed by atoms with Crippen molar-refractivity contribution in [2.24, 2.45) is 5.41 Å². The Labute approximate surface area is 142 Å². The van der Waals surface area contributed by atoms with E-state index < -0.39 is 21.2 Å². The summed E-state index contributed by atoms with van der Waals surface area (Å²) in [5.74, 6) is -1.27. The Morgan fingerprint density at radius 1 is 1.08 bits per heavy atom. The normalized spacial score (nSPS) is 17.7. The zero-order chi connectivity index (χ0) is 17.8. The highest BCUT2D eigenvalue weighted by atomic mass is 32.2. The van der Waals surface area contributed by atoms with Gasteiger partial charge in [0.15, 0.2) is 9.84 Å². The number of hydrogen-bond donors (Lipinski definition) is 2. The topological polar surface area (TPSA) is 101 Å². The van der Waals surface area contributed by atoms with Crippen molar-refractivity contribution in [1.82, 2.24) is 0 Å². The van der Waals surface area contributed by atoms with Gasteiger partial charge < -0.3 is 10.4 Å². The molecule has 7 heteroatoms. The molecule has 1 aliphatic carbocycles. The van der Waals surface area contributed by atoms with Gasteiger partial charge in [-0.15, -0.1) is 0 Å². The maximum atomic E-state index is 12.3. The van der Waals surface area contributed by atoms with Crippen LogP contribution in [0.3, 0.4) is 0 Å². The standard InChI is InChI=1S/C17H23NO5S/c1-24(22,23)14-8-6-13(7-9-14)18-15(19)12-17(16(20)21)10-4-2-3-5-11-17/h6-9H,2-5,10-12H2,1H3,(H,18,19)(H,20,21). The van der Waals surface area contributed by atoms with E-state index in [4.69, 9.17) is 0 Å². The molecule has 1 aromatic rings. The van der Waals surface area contributed by atoms with Crippen LogP contribution in [0.2, 0.25) is 0 Å². The van der Waals surface area contributed by atoms with E-state index in [1.54, 1.807) is 0 Å². The minimum Gasteiger partial charge on any atom is -0.481 e. The van der Waals surface area contributed by atoms with Gasteiger partial charge in [-0.2, -0.15) is 0 Å². The Morgan fingerprint density at radius 3 is 2.08 bits per heavy atom. The van der Waals surface area contributed by atoms with Gasteiger partial charge in [-0.3, -0.25) is 9.59 Å². The van der Waals surface area contributed by atoms with Crippen LogP contribution in [0.15, 0.2) is 29.2 Å². The number of nitrogens with one attached hydrogen (secondary N) is 1. The number of anilines is 1. The third-order valence-corrected chi connectivity index (χ3v) is 5.71. The highest BCUT2D eigenvalue weighted by Gasteiger charge is 2.40. The van der Waals surface area contributed by atoms with E-state index in [-0.39, 0.29) is 17.2 Å². The highest BCUT2D eigenvalue weighted by Crippen LogP contribution is 2.38. The van der Waals surface area contributed by atoms with E-state index in [2.05, 4.69) is 5.32 Å². The minimum absolute atomic E-state index is 0.0594. The second-order valence-electron chi connectivity index (χ2n) is 6.52. The quantitative estimate of drug-likeness (QED) is 0.793. The molecule has 0 aliphatic heterocycles. The maximum absolute atomic E-state index is 12.3. The van der Waals surface area contributed by atoms with Crippen molar-refractivity contribution in [3.05, 3.63) is 24.3 Å². The molecule has 0 aromatic heterocycles. The van der Waals surface area contributed by atoms with Crippen molar-refractivity contribution in [1.29, 1.82) is 0 Å². The summed E-state index contributed by atoms with van der Waals surface area (Å²) in [5, 5.41) is 12.3. The first-order valence-electron chi connectivity index (χ1n) is 8.06. The van der Waals surface area contributed by atoms with Crippen LogP contribution < -0.4 is 5.32 Å². The van der Waals surface area contributed by atoms with Crippen molar-refractivity contribution in [2.45, 2.75) is 49.8 Å². The molecule has 0 unspecified atom stereocenters. The number of aliphatic carboxylic acids is 1. The van der Waals surface area contributed by atoms with Gasteiger partial charge >= 0.3 is 5.97 Å². The monoisotopic (exact) mass is 353 g/mol. The predicted octanol–water partition coefficient (Wildman–Crippen LogP) is 2.84. The van der Waals surface area contributed by atoms with Crippen molar-refractivity contribution in [3.63, 3.8) is 0 Å². The predicted molar refractivity (Wildman–Crippen MR) is 90.6 cm³/mol. The number of sulfone groups is 1. The summed E-state index contributed by atoms with van der Waals surface area (Å²) in [6.45, 7) is 0. The molecule has 1 aromatic carbocycles. The Bertz CT molecular complexity index is 701. The number of benzene rings is 1. The van der Waals surface area contributed by atoms with Crippen LogP contribution in [0, 0.1) is 5.41 Å². The molecule has 2 rings (SSSR count). The lowest BCUT2D eigenvalue weighted by atomic mass is 9.77. The third kappa shape index (κ3) is 4.56. The van der Waals surface area contributed by atoms with Crippen molar-refractivity contribution >= 4 is 27.4 Å². The summed E-state index contributed by atoms with van der Waals surface area (Å²) < 4.78 is 22.9. The Balaban J connectivity index is 2.07. The van der Waals surface area contributed by atoms with Gasteiger partial charge in [0, 0.05) is 18.4 Å². The van der Waals surface area contributed by atoms with Gasteiger partial charge in [0.25, 0.3) is 0 Å². The lowest BCUT2D eigenvalue weighted by Gasteiger charge is -2.27. The van der Waals surface area contributed by atoms with Crippen molar-refractivity contribution < 1.29 is 23.1 Å². The number of carbonyl (C=O) groups excluding carboxylic acids is 1. The van der Waals surface area contributed by atoms with E-state index in [1.807, 2.05) is 0 Å². The molecule has 0 bridgehead atoms. The SMILES string of the molecule is CS(=O)(=O)c1ccc(NC(=O)CC2(C(=O)O)CCCCCC2)cc1. The van der Waals surface area contributed by atoms with Crippen LogP contribution in [-0.4, -0.2) is 31.7 Å². The van der Waals surface area contributed by atoms with E-state index in [9.17, 15) is 23.1 Å². The molecule has 0 spiro atoms. The number of amides is 1. The number of carboxylic acids is 1. The number of hydrogen-bond acceptors (Lipinski definition) is 4. The van der Waals surface area contributed by atoms with Crippen LogP contribution in [0.5, 0.6) is 0 Å². The molecule has 1 fully saturated rings. The smallest absolute Gasteiger partial charge is 0.310 e. The summed E-state index contributed by atoms with van der Waals surface area (Å²) in [6, 6.07) is 5.86. The summed E-state index contributed by atoms with van der Waals surface area (Å²) in [7, 11) is -3.29. The Kier molecular flexibility index (Phi) is 5.64. The zero-order valence-electron chi connectivity index (χ0n) is 13.7. The summed E-state index contributed by atoms with van der Waals surface area (Å²) in [4.78, 5) is 24.2. The fourth-order valence-corrected chi connectivity index (χ4v) is 3.80. The lowest BCUT2D eigenvalue weighted by Crippen LogP contribution is -2.35. The van der Waals surface area contributed by atoms with E-state index in [0.717, 1.165) is 31.9 Å². The van der Waals surface area contributed by atoms with Crippen LogP contribution >= 0.6 is 0 Å². The van der Waals surface area contributed by atoms with Gasteiger partial charge in [0.2, 0.25) is 5.91 Å². The van der Waals surface area contributed by atoms with E-state index in [0.29, 0.717) is 18.5 Å². The second kappa shape index (κ2) is 7.34. The van der Waals surface area contributed by atoms with Crippen LogP contribution in [0.1, 0.15) is 44.9 Å². The molecular weight excluding hydrogens is 330 g/mol. The van der Waals surface area contributed by atoms with Crippen LogP contribution in [0.4, 0.5) is 5.69 Å². The second-order valence-corrected chi connectivity index (χ2v) is 8.54. The minimum atomic E-state index is -3.29. The van der Waals surface area contributed by atoms with E-state index >= 15 is 0 Å². The van der Waals surface area contributed by atoms with Crippen molar-refractivity contribution in [2.75, 3.05) is 11.6 Å². The Hall–Kier alpha value is -1.89. The fourth-order valence-electron chi connectivity index (χ4n) is 3.17. The molecule has 0 heterocycles. The first kappa shape index (κ1) is 18.4.